The molecule has 1 saturated heterocycles. The van der Waals surface area contributed by atoms with E-state index in [1.165, 1.54) is 6.08 Å². The Morgan fingerprint density at radius 1 is 0.884 bits per heavy atom. The van der Waals surface area contributed by atoms with Crippen molar-refractivity contribution in [2.75, 3.05) is 19.8 Å². The fourth-order valence-electron chi connectivity index (χ4n) is 6.32. The predicted molar refractivity (Wildman–Crippen MR) is 163 cm³/mol. The number of nitrogens with zero attached hydrogens (tertiary/aromatic N) is 2. The van der Waals surface area contributed by atoms with E-state index in [0.717, 1.165) is 22.3 Å². The highest BCUT2D eigenvalue weighted by molar-refractivity contribution is 5.95. The first-order valence-electron chi connectivity index (χ1n) is 14.4. The number of amides is 2. The number of hydrogen-bond donors (Lipinski definition) is 3. The topological polar surface area (TPSA) is 94.1 Å². The monoisotopic (exact) mass is 574 g/mol. The maximum atomic E-state index is 13.3. The molecule has 0 spiro atoms. The molecule has 0 radical (unpaired) electrons. The average Bonchev–Trinajstić information content (AvgIpc) is 3.07. The van der Waals surface area contributed by atoms with E-state index in [9.17, 15) is 14.7 Å². The van der Waals surface area contributed by atoms with Crippen molar-refractivity contribution in [3.8, 4) is 0 Å². The van der Waals surface area contributed by atoms with Gasteiger partial charge in [0, 0.05) is 24.4 Å². The summed E-state index contributed by atoms with van der Waals surface area (Å²) in [6, 6.07) is 37.0. The van der Waals surface area contributed by atoms with Crippen molar-refractivity contribution in [2.45, 2.75) is 24.4 Å². The largest absolute Gasteiger partial charge is 0.392 e. The number of aliphatic hydroxyl groups excluding tert-OH is 1. The number of hydrogen-bond acceptors (Lipinski definition) is 6. The molecule has 4 aromatic carbocycles. The fraction of sp³-hybridized carbons (Fsp3) is 0.200. The SMILES string of the molecule is O=C1C=CN(N2CCOCC2C(c2ccccc2)(c2ccccc2)c2ccccc2CO)C(NC(=O)c2ccccc2)N1. The minimum atomic E-state index is -0.844. The van der Waals surface area contributed by atoms with E-state index < -0.39 is 11.7 Å². The molecule has 8 heteroatoms. The van der Waals surface area contributed by atoms with E-state index in [2.05, 4.69) is 46.0 Å². The molecule has 8 nitrogen and oxygen atoms in total. The second kappa shape index (κ2) is 12.6. The molecule has 0 aliphatic carbocycles. The lowest BCUT2D eigenvalue weighted by Gasteiger charge is -2.54. The molecule has 4 aromatic rings. The number of carbonyl (C=O) groups is 2. The quantitative estimate of drug-likeness (QED) is 0.278. The lowest BCUT2D eigenvalue weighted by Crippen LogP contribution is -2.69. The van der Waals surface area contributed by atoms with E-state index in [1.807, 2.05) is 65.7 Å². The molecule has 2 heterocycles. The summed E-state index contributed by atoms with van der Waals surface area (Å²) in [5.74, 6) is -0.610. The van der Waals surface area contributed by atoms with Gasteiger partial charge in [-0.15, -0.1) is 0 Å². The fourth-order valence-corrected chi connectivity index (χ4v) is 6.32. The number of aliphatic hydroxyl groups is 1. The molecule has 2 aliphatic rings. The third kappa shape index (κ3) is 5.44. The summed E-state index contributed by atoms with van der Waals surface area (Å²) in [6.07, 6.45) is 2.33. The molecular formula is C35H34N4O4. The van der Waals surface area contributed by atoms with Crippen molar-refractivity contribution in [1.29, 1.82) is 0 Å². The molecule has 2 atom stereocenters. The maximum Gasteiger partial charge on any atom is 0.254 e. The number of rotatable bonds is 8. The lowest BCUT2D eigenvalue weighted by atomic mass is 9.63. The number of morpholine rings is 1. The van der Waals surface area contributed by atoms with Gasteiger partial charge in [-0.3, -0.25) is 14.6 Å². The van der Waals surface area contributed by atoms with Gasteiger partial charge in [0.05, 0.1) is 31.3 Å². The molecule has 218 valence electrons. The van der Waals surface area contributed by atoms with Crippen LogP contribution in [0.25, 0.3) is 0 Å². The number of nitrogens with one attached hydrogen (secondary N) is 2. The van der Waals surface area contributed by atoms with Gasteiger partial charge in [-0.05, 0) is 34.4 Å². The lowest BCUT2D eigenvalue weighted by molar-refractivity contribution is -0.152. The molecule has 6 rings (SSSR count). The Hall–Kier alpha value is -4.76. The Bertz CT molecular complexity index is 1540. The van der Waals surface area contributed by atoms with Gasteiger partial charge < -0.3 is 20.5 Å². The van der Waals surface area contributed by atoms with Gasteiger partial charge in [0.2, 0.25) is 5.91 Å². The van der Waals surface area contributed by atoms with Crippen molar-refractivity contribution >= 4 is 11.8 Å². The summed E-state index contributed by atoms with van der Waals surface area (Å²) in [5, 5.41) is 20.6. The smallest absolute Gasteiger partial charge is 0.254 e. The van der Waals surface area contributed by atoms with Crippen LogP contribution >= 0.6 is 0 Å². The van der Waals surface area contributed by atoms with Crippen LogP contribution in [0.1, 0.15) is 32.6 Å². The Kier molecular flexibility index (Phi) is 8.33. The van der Waals surface area contributed by atoms with Gasteiger partial charge in [-0.1, -0.05) is 103 Å². The van der Waals surface area contributed by atoms with Gasteiger partial charge in [0.15, 0.2) is 6.29 Å². The van der Waals surface area contributed by atoms with Gasteiger partial charge in [0.25, 0.3) is 5.91 Å². The first-order chi connectivity index (χ1) is 21.1. The van der Waals surface area contributed by atoms with Crippen LogP contribution in [-0.2, 0) is 21.6 Å². The first-order valence-corrected chi connectivity index (χ1v) is 14.4. The third-order valence-electron chi connectivity index (χ3n) is 8.19. The normalized spacial score (nSPS) is 19.1. The Labute approximate surface area is 251 Å². The average molecular weight is 575 g/mol. The van der Waals surface area contributed by atoms with E-state index in [-0.39, 0.29) is 24.5 Å². The van der Waals surface area contributed by atoms with Gasteiger partial charge in [-0.2, -0.15) is 0 Å². The summed E-state index contributed by atoms with van der Waals surface area (Å²) in [5.41, 5.74) is 3.48. The predicted octanol–water partition coefficient (Wildman–Crippen LogP) is 3.79. The van der Waals surface area contributed by atoms with Crippen LogP contribution in [0.4, 0.5) is 0 Å². The van der Waals surface area contributed by atoms with E-state index in [4.69, 9.17) is 4.74 Å². The molecule has 3 N–H and O–H groups in total. The summed E-state index contributed by atoms with van der Waals surface area (Å²) < 4.78 is 6.22. The van der Waals surface area contributed by atoms with Crippen molar-refractivity contribution in [2.24, 2.45) is 0 Å². The van der Waals surface area contributed by atoms with Crippen LogP contribution in [0.5, 0.6) is 0 Å². The number of carbonyl (C=O) groups excluding carboxylic acids is 2. The molecule has 1 fully saturated rings. The number of hydrazine groups is 1. The van der Waals surface area contributed by atoms with Crippen molar-refractivity contribution in [1.82, 2.24) is 20.7 Å². The van der Waals surface area contributed by atoms with Crippen LogP contribution < -0.4 is 10.6 Å². The van der Waals surface area contributed by atoms with Gasteiger partial charge in [-0.25, -0.2) is 5.01 Å². The second-order valence-corrected chi connectivity index (χ2v) is 10.6. The Balaban J connectivity index is 1.53. The molecule has 0 aromatic heterocycles. The molecule has 2 amide bonds. The van der Waals surface area contributed by atoms with Crippen molar-refractivity contribution in [3.05, 3.63) is 155 Å². The summed E-state index contributed by atoms with van der Waals surface area (Å²) >= 11 is 0. The standard InChI is InChI=1S/C35H34N4O4/c40-24-27-14-10-11-19-30(27)35(28-15-6-2-7-16-28,29-17-8-3-9-18-29)31-25-43-23-22-38(31)39-21-20-32(41)36-34(39)37-33(42)26-12-4-1-5-13-26/h1-21,31,34,40H,22-25H2,(H,36,41)(H,37,42). The van der Waals surface area contributed by atoms with Crippen LogP contribution in [-0.4, -0.2) is 59.0 Å². The molecule has 2 unspecified atom stereocenters. The minimum Gasteiger partial charge on any atom is -0.392 e. The maximum absolute atomic E-state index is 13.3. The molecule has 2 aliphatic heterocycles. The van der Waals surface area contributed by atoms with Crippen LogP contribution in [0.15, 0.2) is 128 Å². The minimum absolute atomic E-state index is 0.138. The summed E-state index contributed by atoms with van der Waals surface area (Å²) in [4.78, 5) is 25.9. The van der Waals surface area contributed by atoms with Gasteiger partial charge >= 0.3 is 0 Å². The zero-order chi connectivity index (χ0) is 29.6. The number of ether oxygens (including phenoxy) is 1. The molecule has 43 heavy (non-hydrogen) atoms. The van der Waals surface area contributed by atoms with Crippen molar-refractivity contribution < 1.29 is 19.4 Å². The summed E-state index contributed by atoms with van der Waals surface area (Å²) in [7, 11) is 0. The third-order valence-corrected chi connectivity index (χ3v) is 8.19. The molecule has 0 saturated carbocycles. The Morgan fingerprint density at radius 3 is 2.14 bits per heavy atom. The first kappa shape index (κ1) is 28.4. The molecular weight excluding hydrogens is 540 g/mol. The van der Waals surface area contributed by atoms with Crippen LogP contribution in [0.3, 0.4) is 0 Å². The van der Waals surface area contributed by atoms with E-state index in [0.29, 0.717) is 25.3 Å². The van der Waals surface area contributed by atoms with Crippen LogP contribution in [0, 0.1) is 0 Å². The highest BCUT2D eigenvalue weighted by Gasteiger charge is 2.50. The second-order valence-electron chi connectivity index (χ2n) is 10.6. The highest BCUT2D eigenvalue weighted by Crippen LogP contribution is 2.46. The van der Waals surface area contributed by atoms with E-state index >= 15 is 0 Å². The molecule has 0 bridgehead atoms. The summed E-state index contributed by atoms with van der Waals surface area (Å²) in [6.45, 7) is 1.16. The van der Waals surface area contributed by atoms with E-state index in [1.54, 1.807) is 30.5 Å². The highest BCUT2D eigenvalue weighted by atomic mass is 16.5. The van der Waals surface area contributed by atoms with Crippen LogP contribution in [0.2, 0.25) is 0 Å². The Morgan fingerprint density at radius 2 is 1.49 bits per heavy atom. The zero-order valence-electron chi connectivity index (χ0n) is 23.7. The number of benzene rings is 4. The zero-order valence-corrected chi connectivity index (χ0v) is 23.7. The van der Waals surface area contributed by atoms with Crippen molar-refractivity contribution in [3.63, 3.8) is 0 Å². The van der Waals surface area contributed by atoms with Gasteiger partial charge in [0.1, 0.15) is 0 Å².